The molecule has 0 saturated heterocycles. The Morgan fingerprint density at radius 3 is 1.65 bits per heavy atom. The second kappa shape index (κ2) is 11.2. The van der Waals surface area contributed by atoms with Gasteiger partial charge in [-0.3, -0.25) is 9.55 Å². The SMILES string of the molecule is c1ccc(-n2c3ccccc3c3cc(-c4ccc5c(c4)c4ccccc4n5-c4nc(-c5ccncc5)c5ccc6ccccc6c5n4)ccc32)cc1. The van der Waals surface area contributed by atoms with Crippen molar-refractivity contribution in [2.45, 2.75) is 0 Å². The minimum Gasteiger partial charge on any atom is -0.309 e. The van der Waals surface area contributed by atoms with Crippen LogP contribution in [0.5, 0.6) is 0 Å². The lowest BCUT2D eigenvalue weighted by Crippen LogP contribution is -2.03. The van der Waals surface area contributed by atoms with Gasteiger partial charge < -0.3 is 4.57 Å². The highest BCUT2D eigenvalue weighted by Gasteiger charge is 2.19. The zero-order chi connectivity index (χ0) is 34.2. The van der Waals surface area contributed by atoms with E-state index < -0.39 is 0 Å². The summed E-state index contributed by atoms with van der Waals surface area (Å²) in [6.07, 6.45) is 3.64. The second-order valence-electron chi connectivity index (χ2n) is 13.3. The first kappa shape index (κ1) is 28.7. The van der Waals surface area contributed by atoms with Crippen molar-refractivity contribution in [3.05, 3.63) is 176 Å². The molecule has 7 aromatic carbocycles. The first-order chi connectivity index (χ1) is 25.8. The summed E-state index contributed by atoms with van der Waals surface area (Å²) in [6, 6.07) is 58.3. The molecule has 0 N–H and O–H groups in total. The fourth-order valence-electron chi connectivity index (χ4n) is 8.06. The summed E-state index contributed by atoms with van der Waals surface area (Å²) in [4.78, 5) is 14.9. The van der Waals surface area contributed by atoms with Crippen LogP contribution in [-0.4, -0.2) is 24.1 Å². The number of benzene rings is 7. The normalized spacial score (nSPS) is 11.8. The minimum absolute atomic E-state index is 0.643. The molecule has 4 aromatic heterocycles. The molecule has 242 valence electrons. The smallest absolute Gasteiger partial charge is 0.235 e. The van der Waals surface area contributed by atoms with Gasteiger partial charge in [0.1, 0.15) is 0 Å². The van der Waals surface area contributed by atoms with Gasteiger partial charge in [0.05, 0.1) is 33.3 Å². The highest BCUT2D eigenvalue weighted by Crippen LogP contribution is 2.39. The van der Waals surface area contributed by atoms with Crippen LogP contribution in [0.4, 0.5) is 0 Å². The van der Waals surface area contributed by atoms with Gasteiger partial charge >= 0.3 is 0 Å². The number of fused-ring (bicyclic) bond motifs is 9. The zero-order valence-corrected chi connectivity index (χ0v) is 28.0. The number of nitrogens with zero attached hydrogens (tertiary/aromatic N) is 5. The van der Waals surface area contributed by atoms with Gasteiger partial charge in [0.15, 0.2) is 0 Å². The van der Waals surface area contributed by atoms with E-state index in [2.05, 4.69) is 166 Å². The molecule has 0 spiro atoms. The van der Waals surface area contributed by atoms with Crippen LogP contribution < -0.4 is 0 Å². The van der Waals surface area contributed by atoms with Gasteiger partial charge in [-0.15, -0.1) is 0 Å². The maximum Gasteiger partial charge on any atom is 0.235 e. The van der Waals surface area contributed by atoms with Crippen molar-refractivity contribution >= 4 is 65.3 Å². The van der Waals surface area contributed by atoms with Crippen molar-refractivity contribution in [3.63, 3.8) is 0 Å². The number of pyridine rings is 1. The molecular formula is C47H29N5. The summed E-state index contributed by atoms with van der Waals surface area (Å²) >= 11 is 0. The van der Waals surface area contributed by atoms with Gasteiger partial charge in [-0.1, -0.05) is 97.1 Å². The molecule has 5 nitrogen and oxygen atoms in total. The number of hydrogen-bond donors (Lipinski definition) is 0. The highest BCUT2D eigenvalue weighted by atomic mass is 15.2. The van der Waals surface area contributed by atoms with Crippen LogP contribution in [0, 0.1) is 0 Å². The van der Waals surface area contributed by atoms with Gasteiger partial charge in [-0.25, -0.2) is 9.97 Å². The Kier molecular flexibility index (Phi) is 6.18. The molecule has 0 aliphatic heterocycles. The topological polar surface area (TPSA) is 48.5 Å². The van der Waals surface area contributed by atoms with Gasteiger partial charge in [0.2, 0.25) is 5.95 Å². The summed E-state index contributed by atoms with van der Waals surface area (Å²) in [7, 11) is 0. The predicted molar refractivity (Wildman–Crippen MR) is 214 cm³/mol. The molecule has 11 aromatic rings. The maximum absolute atomic E-state index is 5.34. The zero-order valence-electron chi connectivity index (χ0n) is 28.0. The summed E-state index contributed by atoms with van der Waals surface area (Å²) in [5.74, 6) is 0.643. The standard InChI is InChI=1S/C47H29N5/c1-2-11-34(12-3-1)51-41-16-8-6-14-36(41)39-28-32(19-22-43(39)51)33-20-23-44-40(29-33)37-15-7-9-17-42(37)52(44)47-49-45(31-24-26-48-27-25-31)38-21-18-30-10-4-5-13-35(30)46(38)50-47/h1-29H. The van der Waals surface area contributed by atoms with Crippen LogP contribution in [0.15, 0.2) is 176 Å². The Balaban J connectivity index is 1.14. The van der Waals surface area contributed by atoms with Crippen LogP contribution in [0.3, 0.4) is 0 Å². The average Bonchev–Trinajstić information content (AvgIpc) is 3.73. The third kappa shape index (κ3) is 4.26. The van der Waals surface area contributed by atoms with Crippen molar-refractivity contribution in [2.24, 2.45) is 0 Å². The van der Waals surface area contributed by atoms with E-state index in [1.54, 1.807) is 0 Å². The van der Waals surface area contributed by atoms with Crippen molar-refractivity contribution in [2.75, 3.05) is 0 Å². The molecule has 0 unspecified atom stereocenters. The molecule has 0 radical (unpaired) electrons. The number of rotatable bonds is 4. The number of para-hydroxylation sites is 3. The van der Waals surface area contributed by atoms with Crippen LogP contribution in [0.1, 0.15) is 0 Å². The Labute approximate surface area is 298 Å². The maximum atomic E-state index is 5.34. The average molecular weight is 664 g/mol. The Morgan fingerprint density at radius 2 is 0.942 bits per heavy atom. The van der Waals surface area contributed by atoms with Crippen molar-refractivity contribution in [1.29, 1.82) is 0 Å². The quantitative estimate of drug-likeness (QED) is 0.176. The molecule has 0 fully saturated rings. The summed E-state index contributed by atoms with van der Waals surface area (Å²) < 4.78 is 4.58. The lowest BCUT2D eigenvalue weighted by Gasteiger charge is -2.13. The van der Waals surface area contributed by atoms with E-state index in [-0.39, 0.29) is 0 Å². The van der Waals surface area contributed by atoms with Crippen molar-refractivity contribution < 1.29 is 0 Å². The van der Waals surface area contributed by atoms with E-state index in [1.165, 1.54) is 27.4 Å². The fraction of sp³-hybridized carbons (Fsp3) is 0. The van der Waals surface area contributed by atoms with Gasteiger partial charge in [-0.05, 0) is 83.2 Å². The molecule has 0 aliphatic rings. The minimum atomic E-state index is 0.643. The molecule has 11 rings (SSSR count). The fourth-order valence-corrected chi connectivity index (χ4v) is 8.06. The Bertz CT molecular complexity index is 3180. The van der Waals surface area contributed by atoms with E-state index in [9.17, 15) is 0 Å². The third-order valence-corrected chi connectivity index (χ3v) is 10.4. The van der Waals surface area contributed by atoms with Gasteiger partial charge in [0.25, 0.3) is 0 Å². The molecular weight excluding hydrogens is 635 g/mol. The van der Waals surface area contributed by atoms with Crippen molar-refractivity contribution in [1.82, 2.24) is 24.1 Å². The van der Waals surface area contributed by atoms with Gasteiger partial charge in [-0.2, -0.15) is 0 Å². The first-order valence-electron chi connectivity index (χ1n) is 17.5. The largest absolute Gasteiger partial charge is 0.309 e. The van der Waals surface area contributed by atoms with E-state index >= 15 is 0 Å². The first-order valence-corrected chi connectivity index (χ1v) is 17.5. The predicted octanol–water partition coefficient (Wildman–Crippen LogP) is 11.7. The van der Waals surface area contributed by atoms with Crippen LogP contribution >= 0.6 is 0 Å². The van der Waals surface area contributed by atoms with E-state index in [0.29, 0.717) is 5.95 Å². The number of aromatic nitrogens is 5. The van der Waals surface area contributed by atoms with Crippen LogP contribution in [0.2, 0.25) is 0 Å². The molecule has 52 heavy (non-hydrogen) atoms. The van der Waals surface area contributed by atoms with E-state index in [0.717, 1.165) is 66.0 Å². The lowest BCUT2D eigenvalue weighted by atomic mass is 10.0. The molecule has 0 saturated carbocycles. The Hall–Kier alpha value is -7.11. The third-order valence-electron chi connectivity index (χ3n) is 10.4. The Morgan fingerprint density at radius 1 is 0.365 bits per heavy atom. The monoisotopic (exact) mass is 663 g/mol. The second-order valence-corrected chi connectivity index (χ2v) is 13.3. The summed E-state index contributed by atoms with van der Waals surface area (Å²) in [5.41, 5.74) is 10.8. The highest BCUT2D eigenvalue weighted by molar-refractivity contribution is 6.13. The lowest BCUT2D eigenvalue weighted by molar-refractivity contribution is 1.01. The van der Waals surface area contributed by atoms with Crippen LogP contribution in [-0.2, 0) is 0 Å². The van der Waals surface area contributed by atoms with Crippen molar-refractivity contribution in [3.8, 4) is 34.0 Å². The molecule has 5 heteroatoms. The van der Waals surface area contributed by atoms with E-state index in [4.69, 9.17) is 9.97 Å². The molecule has 0 atom stereocenters. The summed E-state index contributed by atoms with van der Waals surface area (Å²) in [5, 5.41) is 8.06. The molecule has 4 heterocycles. The number of hydrogen-bond acceptors (Lipinski definition) is 3. The molecule has 0 bridgehead atoms. The van der Waals surface area contributed by atoms with Crippen LogP contribution in [0.25, 0.3) is 99.3 Å². The summed E-state index contributed by atoms with van der Waals surface area (Å²) in [6.45, 7) is 0. The van der Waals surface area contributed by atoms with Gasteiger partial charge in [0, 0.05) is 56.0 Å². The molecule has 0 amide bonds. The molecule has 0 aliphatic carbocycles. The van der Waals surface area contributed by atoms with E-state index in [1.807, 2.05) is 24.5 Å².